The van der Waals surface area contributed by atoms with Crippen LogP contribution in [0.4, 0.5) is 13.2 Å². The topological polar surface area (TPSA) is 32.9 Å². The summed E-state index contributed by atoms with van der Waals surface area (Å²) in [5.41, 5.74) is 1.81. The van der Waals surface area contributed by atoms with Gasteiger partial charge in [-0.1, -0.05) is 36.4 Å². The number of halogens is 3. The van der Waals surface area contributed by atoms with E-state index in [4.69, 9.17) is 0 Å². The number of carbonyl (C=O) groups excluding carboxylic acids is 1. The molecule has 0 saturated carbocycles. The first-order valence-corrected chi connectivity index (χ1v) is 5.85. The van der Waals surface area contributed by atoms with Gasteiger partial charge in [0.05, 0.1) is 5.56 Å². The maximum Gasteiger partial charge on any atom is 0.454 e. The molecule has 1 heterocycles. The van der Waals surface area contributed by atoms with Gasteiger partial charge in [-0.15, -0.1) is 0 Å². The summed E-state index contributed by atoms with van der Waals surface area (Å²) >= 11 is 0. The van der Waals surface area contributed by atoms with Crippen LogP contribution >= 0.6 is 0 Å². The summed E-state index contributed by atoms with van der Waals surface area (Å²) < 4.78 is 37.3. The molecule has 0 aliphatic rings. The van der Waals surface area contributed by atoms with Gasteiger partial charge in [0, 0.05) is 17.1 Å². The predicted octanol–water partition coefficient (Wildman–Crippen LogP) is 4.50. The molecule has 1 aromatic carbocycles. The van der Waals surface area contributed by atoms with Crippen molar-refractivity contribution in [3.05, 3.63) is 53.8 Å². The quantitative estimate of drug-likeness (QED) is 0.651. The van der Waals surface area contributed by atoms with Gasteiger partial charge >= 0.3 is 6.18 Å². The minimum Gasteiger partial charge on any atom is -0.360 e. The number of benzene rings is 1. The highest BCUT2D eigenvalue weighted by Gasteiger charge is 2.40. The third-order valence-electron chi connectivity index (χ3n) is 2.77. The van der Waals surface area contributed by atoms with Gasteiger partial charge in [0.25, 0.3) is 5.78 Å². The summed E-state index contributed by atoms with van der Waals surface area (Å²) in [5, 5.41) is 0.264. The van der Waals surface area contributed by atoms with Crippen LogP contribution in [0.25, 0.3) is 17.0 Å². The highest BCUT2D eigenvalue weighted by atomic mass is 19.4. The molecule has 2 nitrogen and oxygen atoms in total. The Labute approximate surface area is 113 Å². The van der Waals surface area contributed by atoms with E-state index in [9.17, 15) is 18.0 Å². The second-order valence-corrected chi connectivity index (χ2v) is 4.51. The first-order chi connectivity index (χ1) is 9.29. The van der Waals surface area contributed by atoms with Crippen molar-refractivity contribution in [3.63, 3.8) is 0 Å². The smallest absolute Gasteiger partial charge is 0.360 e. The molecule has 5 heteroatoms. The Morgan fingerprint density at radius 2 is 2.05 bits per heavy atom. The number of hydrogen-bond donors (Lipinski definition) is 1. The molecule has 0 bridgehead atoms. The predicted molar refractivity (Wildman–Crippen MR) is 72.5 cm³/mol. The molecule has 1 aromatic heterocycles. The summed E-state index contributed by atoms with van der Waals surface area (Å²) in [6, 6.07) is 4.84. The van der Waals surface area contributed by atoms with Crippen molar-refractivity contribution in [2.24, 2.45) is 0 Å². The van der Waals surface area contributed by atoms with E-state index in [1.807, 2.05) is 6.92 Å². The Morgan fingerprint density at radius 1 is 1.35 bits per heavy atom. The molecule has 0 aliphatic heterocycles. The average Bonchev–Trinajstić information content (AvgIpc) is 2.77. The molecular weight excluding hydrogens is 267 g/mol. The average molecular weight is 279 g/mol. The van der Waals surface area contributed by atoms with Gasteiger partial charge in [-0.3, -0.25) is 4.79 Å². The Bertz CT molecular complexity index is 707. The summed E-state index contributed by atoms with van der Waals surface area (Å²) in [5.74, 6) is -1.84. The van der Waals surface area contributed by atoms with Crippen LogP contribution < -0.4 is 0 Å². The molecule has 2 aromatic rings. The SMILES string of the molecule is C=C(C)/C=C/c1ccc2c(C(=O)C(F)(F)F)c[nH]c2c1. The number of H-pyrrole nitrogens is 1. The Balaban J connectivity index is 2.44. The minimum absolute atomic E-state index is 0.264. The number of ketones is 1. The number of aromatic nitrogens is 1. The van der Waals surface area contributed by atoms with Crippen LogP contribution in [0, 0.1) is 0 Å². The number of Topliss-reactive ketones (excluding diaryl/α,β-unsaturated/α-hetero) is 1. The monoisotopic (exact) mass is 279 g/mol. The van der Waals surface area contributed by atoms with E-state index in [-0.39, 0.29) is 10.9 Å². The van der Waals surface area contributed by atoms with E-state index in [1.165, 1.54) is 6.07 Å². The van der Waals surface area contributed by atoms with Crippen LogP contribution in [0.5, 0.6) is 0 Å². The molecule has 0 amide bonds. The molecule has 20 heavy (non-hydrogen) atoms. The van der Waals surface area contributed by atoms with Crippen LogP contribution in [-0.2, 0) is 0 Å². The Kier molecular flexibility index (Phi) is 3.53. The lowest BCUT2D eigenvalue weighted by Gasteiger charge is -2.03. The molecule has 0 radical (unpaired) electrons. The highest BCUT2D eigenvalue weighted by Crippen LogP contribution is 2.27. The van der Waals surface area contributed by atoms with Crippen LogP contribution in [0.2, 0.25) is 0 Å². The number of aromatic amines is 1. The Morgan fingerprint density at radius 3 is 2.65 bits per heavy atom. The van der Waals surface area contributed by atoms with Crippen LogP contribution in [0.1, 0.15) is 22.8 Å². The fourth-order valence-electron chi connectivity index (χ4n) is 1.83. The number of nitrogens with one attached hydrogen (secondary N) is 1. The van der Waals surface area contributed by atoms with E-state index in [1.54, 1.807) is 24.3 Å². The summed E-state index contributed by atoms with van der Waals surface area (Å²) in [6.45, 7) is 5.56. The van der Waals surface area contributed by atoms with Crippen LogP contribution in [0.15, 0.2) is 42.6 Å². The maximum absolute atomic E-state index is 12.4. The lowest BCUT2D eigenvalue weighted by Crippen LogP contribution is -2.22. The van der Waals surface area contributed by atoms with Crippen molar-refractivity contribution in [3.8, 4) is 0 Å². The molecule has 1 N–H and O–H groups in total. The first kappa shape index (κ1) is 14.1. The number of hydrogen-bond acceptors (Lipinski definition) is 1. The van der Waals surface area contributed by atoms with Crippen molar-refractivity contribution < 1.29 is 18.0 Å². The summed E-state index contributed by atoms with van der Waals surface area (Å²) in [4.78, 5) is 14.0. The molecular formula is C15H12F3NO. The second-order valence-electron chi connectivity index (χ2n) is 4.51. The van der Waals surface area contributed by atoms with Gasteiger partial charge in [-0.2, -0.15) is 13.2 Å². The van der Waals surface area contributed by atoms with E-state index < -0.39 is 12.0 Å². The lowest BCUT2D eigenvalue weighted by atomic mass is 10.1. The van der Waals surface area contributed by atoms with E-state index in [0.29, 0.717) is 5.52 Å². The van der Waals surface area contributed by atoms with Crippen LogP contribution in [-0.4, -0.2) is 16.9 Å². The lowest BCUT2D eigenvalue weighted by molar-refractivity contribution is -0.0884. The van der Waals surface area contributed by atoms with Gasteiger partial charge in [-0.25, -0.2) is 0 Å². The van der Waals surface area contributed by atoms with Gasteiger partial charge in [0.2, 0.25) is 0 Å². The molecule has 0 saturated heterocycles. The second kappa shape index (κ2) is 5.00. The van der Waals surface area contributed by atoms with E-state index in [2.05, 4.69) is 11.6 Å². The van der Waals surface area contributed by atoms with Crippen molar-refractivity contribution in [1.82, 2.24) is 4.98 Å². The normalized spacial score (nSPS) is 12.2. The summed E-state index contributed by atoms with van der Waals surface area (Å²) in [7, 11) is 0. The van der Waals surface area contributed by atoms with Crippen molar-refractivity contribution in [2.45, 2.75) is 13.1 Å². The zero-order chi connectivity index (χ0) is 14.9. The van der Waals surface area contributed by atoms with Crippen molar-refractivity contribution in [2.75, 3.05) is 0 Å². The zero-order valence-electron chi connectivity index (χ0n) is 10.7. The highest BCUT2D eigenvalue weighted by molar-refractivity contribution is 6.10. The fourth-order valence-corrected chi connectivity index (χ4v) is 1.83. The van der Waals surface area contributed by atoms with Gasteiger partial charge in [0.15, 0.2) is 0 Å². The Hall–Kier alpha value is -2.30. The molecule has 104 valence electrons. The fraction of sp³-hybridized carbons (Fsp3) is 0.133. The van der Waals surface area contributed by atoms with E-state index in [0.717, 1.165) is 17.3 Å². The molecule has 0 unspecified atom stereocenters. The molecule has 2 rings (SSSR count). The molecule has 0 atom stereocenters. The maximum atomic E-state index is 12.4. The number of alkyl halides is 3. The largest absolute Gasteiger partial charge is 0.454 e. The molecule has 0 spiro atoms. The molecule has 0 fully saturated rings. The first-order valence-electron chi connectivity index (χ1n) is 5.85. The van der Waals surface area contributed by atoms with Crippen molar-refractivity contribution in [1.29, 1.82) is 0 Å². The third-order valence-corrected chi connectivity index (χ3v) is 2.77. The molecule has 0 aliphatic carbocycles. The van der Waals surface area contributed by atoms with Crippen molar-refractivity contribution >= 4 is 22.8 Å². The minimum atomic E-state index is -4.87. The van der Waals surface area contributed by atoms with E-state index >= 15 is 0 Å². The van der Waals surface area contributed by atoms with Crippen LogP contribution in [0.3, 0.4) is 0 Å². The van der Waals surface area contributed by atoms with Gasteiger partial charge in [-0.05, 0) is 18.6 Å². The number of carbonyl (C=O) groups is 1. The zero-order valence-corrected chi connectivity index (χ0v) is 10.7. The van der Waals surface area contributed by atoms with Gasteiger partial charge < -0.3 is 4.98 Å². The summed E-state index contributed by atoms with van der Waals surface area (Å²) in [6.07, 6.45) is -0.180. The third kappa shape index (κ3) is 2.82. The number of rotatable bonds is 3. The standard InChI is InChI=1S/C15H12F3NO/c1-9(2)3-4-10-5-6-11-12(8-19-13(11)7-10)14(20)15(16,17)18/h3-8,19H,1H2,2H3/b4-3+. The number of allylic oxidation sites excluding steroid dienone is 2. The van der Waals surface area contributed by atoms with Gasteiger partial charge in [0.1, 0.15) is 0 Å². The number of fused-ring (bicyclic) bond motifs is 1.